The number of nitrogens with one attached hydrogen (secondary N) is 1. The van der Waals surface area contributed by atoms with Gasteiger partial charge in [0.25, 0.3) is 0 Å². The lowest BCUT2D eigenvalue weighted by Crippen LogP contribution is -2.27. The average molecular weight is 338 g/mol. The molecular formula is C13H20ClNO3S2. The van der Waals surface area contributed by atoms with Crippen molar-refractivity contribution in [3.63, 3.8) is 0 Å². The second-order valence-corrected chi connectivity index (χ2v) is 8.53. The Morgan fingerprint density at radius 3 is 2.40 bits per heavy atom. The minimum Gasteiger partial charge on any atom is -0.260 e. The predicted molar refractivity (Wildman–Crippen MR) is 84.2 cm³/mol. The van der Waals surface area contributed by atoms with Crippen molar-refractivity contribution in [2.24, 2.45) is 0 Å². The third-order valence-electron chi connectivity index (χ3n) is 3.03. The number of benzene rings is 1. The van der Waals surface area contributed by atoms with Gasteiger partial charge in [-0.25, -0.2) is 13.1 Å². The fourth-order valence-corrected chi connectivity index (χ4v) is 3.31. The van der Waals surface area contributed by atoms with E-state index < -0.39 is 20.8 Å². The first-order valence-electron chi connectivity index (χ1n) is 6.33. The maximum atomic E-state index is 12.0. The van der Waals surface area contributed by atoms with Crippen LogP contribution in [-0.4, -0.2) is 36.6 Å². The molecule has 0 saturated carbocycles. The number of aryl methyl sites for hydroxylation is 1. The Bertz CT molecular complexity index is 543. The van der Waals surface area contributed by atoms with E-state index in [0.717, 1.165) is 12.0 Å². The molecule has 0 bridgehead atoms. The average Bonchev–Trinajstić information content (AvgIpc) is 2.39. The van der Waals surface area contributed by atoms with Crippen LogP contribution >= 0.6 is 11.6 Å². The molecule has 0 aliphatic rings. The molecule has 0 aromatic heterocycles. The Morgan fingerprint density at radius 2 is 1.90 bits per heavy atom. The SMILES string of the molecule is CC(CCNS(=O)(=O)c1ccc(CCCl)cc1)S(C)=O. The van der Waals surface area contributed by atoms with Crippen molar-refractivity contribution >= 4 is 32.4 Å². The van der Waals surface area contributed by atoms with E-state index in [9.17, 15) is 12.6 Å². The van der Waals surface area contributed by atoms with Crippen LogP contribution in [0.2, 0.25) is 0 Å². The molecule has 0 amide bonds. The summed E-state index contributed by atoms with van der Waals surface area (Å²) >= 11 is 5.63. The van der Waals surface area contributed by atoms with Gasteiger partial charge in [-0.15, -0.1) is 11.6 Å². The first-order valence-corrected chi connectivity index (χ1v) is 9.97. The van der Waals surface area contributed by atoms with E-state index >= 15 is 0 Å². The summed E-state index contributed by atoms with van der Waals surface area (Å²) in [7, 11) is -4.43. The molecule has 1 N–H and O–H groups in total. The van der Waals surface area contributed by atoms with Crippen molar-refractivity contribution in [1.29, 1.82) is 0 Å². The molecule has 0 saturated heterocycles. The minimum absolute atomic E-state index is 0.0243. The molecule has 0 heterocycles. The second-order valence-electron chi connectivity index (χ2n) is 4.58. The summed E-state index contributed by atoms with van der Waals surface area (Å²) in [5.41, 5.74) is 1.01. The highest BCUT2D eigenvalue weighted by Gasteiger charge is 2.14. The van der Waals surface area contributed by atoms with Crippen LogP contribution < -0.4 is 4.72 Å². The third-order valence-corrected chi connectivity index (χ3v) is 6.06. The van der Waals surface area contributed by atoms with Gasteiger partial charge >= 0.3 is 0 Å². The van der Waals surface area contributed by atoms with Crippen LogP contribution in [0.15, 0.2) is 29.2 Å². The van der Waals surface area contributed by atoms with Crippen LogP contribution in [-0.2, 0) is 27.2 Å². The molecule has 0 spiro atoms. The molecule has 2 unspecified atom stereocenters. The highest BCUT2D eigenvalue weighted by atomic mass is 35.5. The first-order chi connectivity index (χ1) is 9.36. The zero-order chi connectivity index (χ0) is 15.2. The Kier molecular flexibility index (Phi) is 7.15. The van der Waals surface area contributed by atoms with Crippen LogP contribution in [0.4, 0.5) is 0 Å². The topological polar surface area (TPSA) is 63.2 Å². The van der Waals surface area contributed by atoms with Gasteiger partial charge in [-0.05, 0) is 30.5 Å². The molecule has 0 aliphatic heterocycles. The standard InChI is InChI=1S/C13H20ClNO3S2/c1-11(19(2)16)8-10-15-20(17,18)13-5-3-12(4-6-13)7-9-14/h3-6,11,15H,7-10H2,1-2H3. The monoisotopic (exact) mass is 337 g/mol. The summed E-state index contributed by atoms with van der Waals surface area (Å²) in [5, 5.41) is -0.0243. The van der Waals surface area contributed by atoms with E-state index in [1.54, 1.807) is 30.5 Å². The lowest BCUT2D eigenvalue weighted by molar-refractivity contribution is 0.578. The number of alkyl halides is 1. The van der Waals surface area contributed by atoms with Gasteiger partial charge in [-0.1, -0.05) is 19.1 Å². The highest BCUT2D eigenvalue weighted by Crippen LogP contribution is 2.11. The van der Waals surface area contributed by atoms with E-state index in [2.05, 4.69) is 4.72 Å². The minimum atomic E-state index is -3.50. The fourth-order valence-electron chi connectivity index (χ4n) is 1.59. The molecule has 4 nitrogen and oxygen atoms in total. The van der Waals surface area contributed by atoms with Gasteiger partial charge < -0.3 is 0 Å². The van der Waals surface area contributed by atoms with Gasteiger partial charge in [0, 0.05) is 34.7 Å². The van der Waals surface area contributed by atoms with Gasteiger partial charge in [0.15, 0.2) is 0 Å². The van der Waals surface area contributed by atoms with E-state index in [-0.39, 0.29) is 16.7 Å². The fraction of sp³-hybridized carbons (Fsp3) is 0.538. The van der Waals surface area contributed by atoms with E-state index in [0.29, 0.717) is 12.3 Å². The van der Waals surface area contributed by atoms with Crippen LogP contribution in [0.25, 0.3) is 0 Å². The summed E-state index contributed by atoms with van der Waals surface area (Å²) in [6.45, 7) is 2.12. The molecule has 7 heteroatoms. The molecule has 114 valence electrons. The van der Waals surface area contributed by atoms with Crippen molar-refractivity contribution in [2.75, 3.05) is 18.7 Å². The zero-order valence-electron chi connectivity index (χ0n) is 11.6. The molecule has 0 radical (unpaired) electrons. The van der Waals surface area contributed by atoms with Gasteiger partial charge in [0.1, 0.15) is 0 Å². The van der Waals surface area contributed by atoms with Crippen molar-refractivity contribution in [3.05, 3.63) is 29.8 Å². The smallest absolute Gasteiger partial charge is 0.240 e. The molecule has 20 heavy (non-hydrogen) atoms. The lowest BCUT2D eigenvalue weighted by Gasteiger charge is -2.10. The summed E-state index contributed by atoms with van der Waals surface area (Å²) in [6.07, 6.45) is 2.89. The van der Waals surface area contributed by atoms with Crippen LogP contribution in [0, 0.1) is 0 Å². The van der Waals surface area contributed by atoms with Crippen LogP contribution in [0.3, 0.4) is 0 Å². The summed E-state index contributed by atoms with van der Waals surface area (Å²) in [5.74, 6) is 0.510. The quantitative estimate of drug-likeness (QED) is 0.737. The molecular weight excluding hydrogens is 318 g/mol. The highest BCUT2D eigenvalue weighted by molar-refractivity contribution is 7.89. The molecule has 1 aromatic carbocycles. The van der Waals surface area contributed by atoms with Gasteiger partial charge in [0.2, 0.25) is 10.0 Å². The maximum Gasteiger partial charge on any atom is 0.240 e. The molecule has 1 aromatic rings. The number of hydrogen-bond donors (Lipinski definition) is 1. The van der Waals surface area contributed by atoms with Gasteiger partial charge in [-0.2, -0.15) is 0 Å². The normalized spacial score (nSPS) is 14.9. The predicted octanol–water partition coefficient (Wildman–Crippen LogP) is 1.90. The Morgan fingerprint density at radius 1 is 1.30 bits per heavy atom. The summed E-state index contributed by atoms with van der Waals surface area (Å²) in [4.78, 5) is 0.237. The molecule has 0 aliphatic carbocycles. The van der Waals surface area contributed by atoms with E-state index in [1.165, 1.54) is 0 Å². The van der Waals surface area contributed by atoms with Crippen molar-refractivity contribution in [1.82, 2.24) is 4.72 Å². The number of hydrogen-bond acceptors (Lipinski definition) is 3. The van der Waals surface area contributed by atoms with Gasteiger partial charge in [-0.3, -0.25) is 4.21 Å². The van der Waals surface area contributed by atoms with E-state index in [1.807, 2.05) is 6.92 Å². The third kappa shape index (κ3) is 5.52. The first kappa shape index (κ1) is 17.6. The largest absolute Gasteiger partial charge is 0.260 e. The maximum absolute atomic E-state index is 12.0. The van der Waals surface area contributed by atoms with Gasteiger partial charge in [0.05, 0.1) is 4.90 Å². The number of halogens is 1. The molecule has 2 atom stereocenters. The summed E-state index contributed by atoms with van der Waals surface area (Å²) < 4.78 is 37.8. The zero-order valence-corrected chi connectivity index (χ0v) is 14.0. The summed E-state index contributed by atoms with van der Waals surface area (Å²) in [6, 6.07) is 6.68. The molecule has 0 fully saturated rings. The number of sulfonamides is 1. The second kappa shape index (κ2) is 8.12. The Hall–Kier alpha value is -0.430. The van der Waals surface area contributed by atoms with Crippen molar-refractivity contribution in [3.8, 4) is 0 Å². The molecule has 1 rings (SSSR count). The van der Waals surface area contributed by atoms with E-state index in [4.69, 9.17) is 11.6 Å². The van der Waals surface area contributed by atoms with Crippen molar-refractivity contribution < 1.29 is 12.6 Å². The Balaban J connectivity index is 2.62. The number of rotatable bonds is 8. The lowest BCUT2D eigenvalue weighted by atomic mass is 10.2. The Labute approximate surface area is 128 Å². The van der Waals surface area contributed by atoms with Crippen LogP contribution in [0.5, 0.6) is 0 Å². The van der Waals surface area contributed by atoms with Crippen LogP contribution in [0.1, 0.15) is 18.9 Å². The van der Waals surface area contributed by atoms with Crippen molar-refractivity contribution in [2.45, 2.75) is 29.9 Å².